The van der Waals surface area contributed by atoms with E-state index in [0.717, 1.165) is 13.1 Å². The van der Waals surface area contributed by atoms with Gasteiger partial charge in [0.05, 0.1) is 0 Å². The van der Waals surface area contributed by atoms with Crippen molar-refractivity contribution in [3.8, 4) is 0 Å². The second-order valence-electron chi connectivity index (χ2n) is 6.25. The van der Waals surface area contributed by atoms with Crippen molar-refractivity contribution in [3.05, 3.63) is 11.6 Å². The molecule has 0 amide bonds. The quantitative estimate of drug-likeness (QED) is 0.817. The van der Waals surface area contributed by atoms with Crippen molar-refractivity contribution in [3.63, 3.8) is 0 Å². The Morgan fingerprint density at radius 2 is 1.94 bits per heavy atom. The maximum absolute atomic E-state index is 5.67. The van der Waals surface area contributed by atoms with E-state index in [1.54, 1.807) is 5.54 Å². The molecule has 0 radical (unpaired) electrons. The average molecular weight is 257 g/mol. The number of piperazine rings is 1. The van der Waals surface area contributed by atoms with Crippen molar-refractivity contribution in [1.82, 2.24) is 10.2 Å². The Morgan fingerprint density at radius 3 is 2.59 bits per heavy atom. The van der Waals surface area contributed by atoms with Crippen LogP contribution in [0.5, 0.6) is 0 Å². The lowest BCUT2D eigenvalue weighted by molar-refractivity contribution is 0.0195. The van der Waals surface area contributed by atoms with E-state index in [4.69, 9.17) is 11.6 Å². The molecule has 0 aromatic heterocycles. The van der Waals surface area contributed by atoms with E-state index in [2.05, 4.69) is 30.1 Å². The van der Waals surface area contributed by atoms with Gasteiger partial charge in [-0.05, 0) is 26.7 Å². The number of hydrogen-bond acceptors (Lipinski definition) is 2. The summed E-state index contributed by atoms with van der Waals surface area (Å²) in [5, 5.41) is 3.83. The highest BCUT2D eigenvalue weighted by Crippen LogP contribution is 2.34. The van der Waals surface area contributed by atoms with Gasteiger partial charge < -0.3 is 5.32 Å². The zero-order valence-electron chi connectivity index (χ0n) is 11.1. The fraction of sp³-hybridized carbons (Fsp3) is 0.857. The lowest BCUT2D eigenvalue weighted by Gasteiger charge is -2.53. The summed E-state index contributed by atoms with van der Waals surface area (Å²) in [6, 6.07) is 0. The van der Waals surface area contributed by atoms with E-state index in [9.17, 15) is 0 Å². The number of hydrogen-bond donors (Lipinski definition) is 1. The Kier molecular flexibility index (Phi) is 4.17. The van der Waals surface area contributed by atoms with Crippen LogP contribution in [-0.4, -0.2) is 35.6 Å². The molecule has 1 N–H and O–H groups in total. The predicted octanol–water partition coefficient (Wildman–Crippen LogP) is 3.13. The van der Waals surface area contributed by atoms with Crippen molar-refractivity contribution < 1.29 is 0 Å². The molecule has 2 rings (SSSR count). The fourth-order valence-electron chi connectivity index (χ4n) is 3.19. The van der Waals surface area contributed by atoms with Gasteiger partial charge in [0.15, 0.2) is 0 Å². The first-order valence-electron chi connectivity index (χ1n) is 6.83. The van der Waals surface area contributed by atoms with Crippen LogP contribution in [0, 0.1) is 0 Å². The van der Waals surface area contributed by atoms with E-state index >= 15 is 0 Å². The highest BCUT2D eigenvalue weighted by atomic mass is 35.5. The number of nitrogens with one attached hydrogen (secondary N) is 1. The van der Waals surface area contributed by atoms with Crippen molar-refractivity contribution in [1.29, 1.82) is 0 Å². The predicted molar refractivity (Wildman–Crippen MR) is 74.5 cm³/mol. The zero-order valence-corrected chi connectivity index (χ0v) is 11.9. The van der Waals surface area contributed by atoms with Gasteiger partial charge in [0.1, 0.15) is 0 Å². The highest BCUT2D eigenvalue weighted by molar-refractivity contribution is 6.25. The first-order valence-corrected chi connectivity index (χ1v) is 7.27. The van der Waals surface area contributed by atoms with Crippen molar-refractivity contribution in [2.75, 3.05) is 19.6 Å². The maximum Gasteiger partial charge on any atom is 0.0309 e. The van der Waals surface area contributed by atoms with Crippen molar-refractivity contribution in [2.24, 2.45) is 0 Å². The molecule has 2 nitrogen and oxygen atoms in total. The molecule has 0 bridgehead atoms. The van der Waals surface area contributed by atoms with Crippen LogP contribution in [-0.2, 0) is 0 Å². The Bertz CT molecular complexity index is 280. The molecular weight excluding hydrogens is 232 g/mol. The first-order chi connectivity index (χ1) is 8.08. The molecule has 0 aromatic carbocycles. The van der Waals surface area contributed by atoms with Crippen LogP contribution >= 0.6 is 11.6 Å². The van der Waals surface area contributed by atoms with E-state index in [1.165, 1.54) is 38.6 Å². The summed E-state index contributed by atoms with van der Waals surface area (Å²) in [6.07, 6.45) is 8.91. The van der Waals surface area contributed by atoms with Crippen LogP contribution in [0.4, 0.5) is 0 Å². The summed E-state index contributed by atoms with van der Waals surface area (Å²) in [4.78, 5) is 2.58. The van der Waals surface area contributed by atoms with E-state index < -0.39 is 0 Å². The van der Waals surface area contributed by atoms with Gasteiger partial charge in [-0.3, -0.25) is 4.90 Å². The third kappa shape index (κ3) is 3.04. The van der Waals surface area contributed by atoms with Crippen LogP contribution in [0.15, 0.2) is 11.6 Å². The van der Waals surface area contributed by atoms with E-state index in [-0.39, 0.29) is 5.54 Å². The molecule has 0 atom stereocenters. The average Bonchev–Trinajstić information content (AvgIpc) is 2.32. The lowest BCUT2D eigenvalue weighted by atomic mass is 9.78. The molecule has 1 heterocycles. The molecule has 1 saturated carbocycles. The van der Waals surface area contributed by atoms with E-state index in [0.29, 0.717) is 5.54 Å². The zero-order chi connectivity index (χ0) is 12.4. The summed E-state index contributed by atoms with van der Waals surface area (Å²) >= 11 is 5.67. The van der Waals surface area contributed by atoms with Crippen LogP contribution < -0.4 is 5.32 Å². The van der Waals surface area contributed by atoms with Gasteiger partial charge in [-0.2, -0.15) is 0 Å². The monoisotopic (exact) mass is 256 g/mol. The van der Waals surface area contributed by atoms with Gasteiger partial charge in [0.2, 0.25) is 0 Å². The highest BCUT2D eigenvalue weighted by Gasteiger charge is 2.42. The van der Waals surface area contributed by atoms with Crippen LogP contribution in [0.3, 0.4) is 0 Å². The van der Waals surface area contributed by atoms with Crippen LogP contribution in [0.1, 0.15) is 46.0 Å². The fourth-order valence-corrected chi connectivity index (χ4v) is 3.27. The molecule has 17 heavy (non-hydrogen) atoms. The van der Waals surface area contributed by atoms with Gasteiger partial charge in [-0.1, -0.05) is 36.9 Å². The topological polar surface area (TPSA) is 15.3 Å². The smallest absolute Gasteiger partial charge is 0.0309 e. The van der Waals surface area contributed by atoms with E-state index in [1.807, 2.05) is 0 Å². The summed E-state index contributed by atoms with van der Waals surface area (Å²) in [7, 11) is 0. The molecular formula is C14H25ClN2. The summed E-state index contributed by atoms with van der Waals surface area (Å²) in [6.45, 7) is 7.86. The van der Waals surface area contributed by atoms with Crippen molar-refractivity contribution >= 4 is 11.6 Å². The maximum atomic E-state index is 5.67. The first kappa shape index (κ1) is 13.4. The Hall–Kier alpha value is -0.0500. The Morgan fingerprint density at radius 1 is 1.24 bits per heavy atom. The lowest BCUT2D eigenvalue weighted by Crippen LogP contribution is -2.68. The van der Waals surface area contributed by atoms with Gasteiger partial charge in [0.25, 0.3) is 0 Å². The molecule has 0 unspecified atom stereocenters. The molecule has 1 spiro atoms. The SMILES string of the molecule is CC1(C)CNC2(CCCCC2)CN1C/C=C/Cl. The number of rotatable bonds is 2. The number of halogens is 1. The van der Waals surface area contributed by atoms with Gasteiger partial charge in [-0.15, -0.1) is 0 Å². The Balaban J connectivity index is 2.05. The second kappa shape index (κ2) is 5.29. The minimum Gasteiger partial charge on any atom is -0.308 e. The molecule has 3 heteroatoms. The summed E-state index contributed by atoms with van der Waals surface area (Å²) < 4.78 is 0. The van der Waals surface area contributed by atoms with Crippen LogP contribution in [0.2, 0.25) is 0 Å². The minimum atomic E-state index is 0.235. The molecule has 1 aliphatic carbocycles. The molecule has 2 aliphatic rings. The largest absolute Gasteiger partial charge is 0.308 e. The number of nitrogens with zero attached hydrogens (tertiary/aromatic N) is 1. The summed E-state index contributed by atoms with van der Waals surface area (Å²) in [5.41, 5.74) is 2.26. The minimum absolute atomic E-state index is 0.235. The second-order valence-corrected chi connectivity index (χ2v) is 6.50. The van der Waals surface area contributed by atoms with Gasteiger partial charge in [0, 0.05) is 36.2 Å². The Labute approximate surface area is 110 Å². The van der Waals surface area contributed by atoms with Gasteiger partial charge >= 0.3 is 0 Å². The normalized spacial score (nSPS) is 28.9. The third-order valence-electron chi connectivity index (χ3n) is 4.47. The third-order valence-corrected chi connectivity index (χ3v) is 4.65. The standard InChI is InChI=1S/C14H25ClN2/c1-13(2)11-16-14(7-4-3-5-8-14)12-17(13)10-6-9-15/h6,9,16H,3-5,7-8,10-12H2,1-2H3/b9-6+. The van der Waals surface area contributed by atoms with Crippen molar-refractivity contribution in [2.45, 2.75) is 57.0 Å². The van der Waals surface area contributed by atoms with Crippen LogP contribution in [0.25, 0.3) is 0 Å². The summed E-state index contributed by atoms with van der Waals surface area (Å²) in [5.74, 6) is 0. The molecule has 98 valence electrons. The van der Waals surface area contributed by atoms with Gasteiger partial charge in [-0.25, -0.2) is 0 Å². The molecule has 2 fully saturated rings. The molecule has 0 aromatic rings. The molecule has 1 aliphatic heterocycles. The molecule has 1 saturated heterocycles.